The second kappa shape index (κ2) is 6.95. The molecule has 14 heavy (non-hydrogen) atoms. The molecule has 0 saturated heterocycles. The van der Waals surface area contributed by atoms with Crippen LogP contribution in [0, 0.1) is 0 Å². The molecule has 0 spiro atoms. The quantitative estimate of drug-likeness (QED) is 0.271. The molecule has 0 aromatic heterocycles. The van der Waals surface area contributed by atoms with E-state index in [0.717, 1.165) is 6.08 Å². The van der Waals surface area contributed by atoms with Gasteiger partial charge in [-0.05, 0) is 12.5 Å². The molecular formula is C11H16O3. The fourth-order valence-electron chi connectivity index (χ4n) is 0.706. The predicted molar refractivity (Wildman–Crippen MR) is 55.7 cm³/mol. The average Bonchev–Trinajstić information content (AvgIpc) is 2.22. The summed E-state index contributed by atoms with van der Waals surface area (Å²) in [4.78, 5) is 10.9. The Kier molecular flexibility index (Phi) is 6.20. The molecule has 0 aromatic rings. The summed E-state index contributed by atoms with van der Waals surface area (Å²) in [6.45, 7) is 12.6. The van der Waals surface area contributed by atoms with Crippen LogP contribution in [0.4, 0.5) is 0 Å². The monoisotopic (exact) mass is 196 g/mol. The zero-order valence-corrected chi connectivity index (χ0v) is 8.49. The summed E-state index contributed by atoms with van der Waals surface area (Å²) in [6.07, 6.45) is 3.05. The van der Waals surface area contributed by atoms with Crippen molar-refractivity contribution in [2.75, 3.05) is 6.61 Å². The lowest BCUT2D eigenvalue weighted by molar-refractivity contribution is -0.145. The van der Waals surface area contributed by atoms with Crippen LogP contribution in [-0.2, 0) is 14.3 Å². The van der Waals surface area contributed by atoms with Gasteiger partial charge in [0.1, 0.15) is 18.5 Å². The van der Waals surface area contributed by atoms with Crippen molar-refractivity contribution in [1.29, 1.82) is 0 Å². The normalized spacial score (nSPS) is 11.2. The molecule has 0 radical (unpaired) electrons. The molecule has 0 N–H and O–H groups in total. The number of carbonyl (C=O) groups is 1. The van der Waals surface area contributed by atoms with E-state index in [1.807, 2.05) is 6.92 Å². The third-order valence-electron chi connectivity index (χ3n) is 1.59. The maximum absolute atomic E-state index is 10.9. The van der Waals surface area contributed by atoms with Crippen molar-refractivity contribution in [2.24, 2.45) is 0 Å². The minimum atomic E-state index is -0.440. The number of hydrogen-bond donors (Lipinski definition) is 0. The number of esters is 1. The van der Waals surface area contributed by atoms with E-state index in [0.29, 0.717) is 18.8 Å². The van der Waals surface area contributed by atoms with Gasteiger partial charge < -0.3 is 9.47 Å². The Labute approximate surface area is 84.7 Å². The Morgan fingerprint density at radius 2 is 2.07 bits per heavy atom. The van der Waals surface area contributed by atoms with E-state index in [9.17, 15) is 4.79 Å². The van der Waals surface area contributed by atoms with E-state index < -0.39 is 5.97 Å². The lowest BCUT2D eigenvalue weighted by atomic mass is 10.3. The summed E-state index contributed by atoms with van der Waals surface area (Å²) in [6, 6.07) is 0. The van der Waals surface area contributed by atoms with E-state index in [1.54, 1.807) is 0 Å². The Morgan fingerprint density at radius 1 is 1.43 bits per heavy atom. The van der Waals surface area contributed by atoms with E-state index in [1.165, 1.54) is 6.08 Å². The first-order valence-electron chi connectivity index (χ1n) is 4.41. The van der Waals surface area contributed by atoms with Crippen LogP contribution in [0.1, 0.15) is 13.3 Å². The van der Waals surface area contributed by atoms with Gasteiger partial charge in [0.2, 0.25) is 0 Å². The molecule has 1 unspecified atom stereocenters. The zero-order chi connectivity index (χ0) is 11.0. The number of hydrogen-bond acceptors (Lipinski definition) is 3. The van der Waals surface area contributed by atoms with Crippen molar-refractivity contribution in [1.82, 2.24) is 0 Å². The van der Waals surface area contributed by atoms with Crippen molar-refractivity contribution in [3.63, 3.8) is 0 Å². The van der Waals surface area contributed by atoms with E-state index in [2.05, 4.69) is 19.7 Å². The third-order valence-corrected chi connectivity index (χ3v) is 1.59. The number of allylic oxidation sites excluding steroid dienone is 1. The summed E-state index contributed by atoms with van der Waals surface area (Å²) >= 11 is 0. The van der Waals surface area contributed by atoms with Crippen LogP contribution in [0.2, 0.25) is 0 Å². The highest BCUT2D eigenvalue weighted by atomic mass is 16.6. The van der Waals surface area contributed by atoms with Crippen LogP contribution in [0.3, 0.4) is 0 Å². The zero-order valence-electron chi connectivity index (χ0n) is 8.49. The lowest BCUT2D eigenvalue weighted by Gasteiger charge is -2.15. The van der Waals surface area contributed by atoms with Gasteiger partial charge in [0.05, 0.1) is 0 Å². The number of ether oxygens (including phenoxy) is 2. The van der Waals surface area contributed by atoms with Crippen molar-refractivity contribution in [3.05, 3.63) is 37.6 Å². The molecule has 0 aromatic carbocycles. The first kappa shape index (κ1) is 12.5. The lowest BCUT2D eigenvalue weighted by Crippen LogP contribution is -2.21. The Hall–Kier alpha value is -1.51. The van der Waals surface area contributed by atoms with Gasteiger partial charge in [-0.15, -0.1) is 0 Å². The fourth-order valence-corrected chi connectivity index (χ4v) is 0.706. The van der Waals surface area contributed by atoms with Gasteiger partial charge >= 0.3 is 5.97 Å². The first-order valence-corrected chi connectivity index (χ1v) is 4.41. The summed E-state index contributed by atoms with van der Waals surface area (Å²) in [5.41, 5.74) is 0. The Bertz CT molecular complexity index is 231. The summed E-state index contributed by atoms with van der Waals surface area (Å²) in [5.74, 6) is 0.0303. The Morgan fingerprint density at radius 3 is 2.50 bits per heavy atom. The minimum absolute atomic E-state index is 0.266. The largest absolute Gasteiger partial charge is 0.490 e. The molecule has 0 bridgehead atoms. The van der Waals surface area contributed by atoms with Crippen LogP contribution in [0.15, 0.2) is 37.6 Å². The average molecular weight is 196 g/mol. The molecule has 0 saturated carbocycles. The van der Waals surface area contributed by atoms with Crippen molar-refractivity contribution in [3.8, 4) is 0 Å². The molecule has 0 amide bonds. The summed E-state index contributed by atoms with van der Waals surface area (Å²) in [5, 5.41) is 0. The molecule has 0 rings (SSSR count). The van der Waals surface area contributed by atoms with Crippen molar-refractivity contribution < 1.29 is 14.3 Å². The highest BCUT2D eigenvalue weighted by molar-refractivity contribution is 5.81. The SMILES string of the molecule is C=CC(=C)OCC(CC)OC(=O)C=C. The Balaban J connectivity index is 3.90. The van der Waals surface area contributed by atoms with Crippen LogP contribution >= 0.6 is 0 Å². The molecule has 0 aliphatic rings. The highest BCUT2D eigenvalue weighted by Crippen LogP contribution is 2.03. The molecule has 3 heteroatoms. The molecule has 1 atom stereocenters. The smallest absolute Gasteiger partial charge is 0.330 e. The molecule has 78 valence electrons. The van der Waals surface area contributed by atoms with Gasteiger partial charge in [0.15, 0.2) is 0 Å². The van der Waals surface area contributed by atoms with Crippen LogP contribution in [-0.4, -0.2) is 18.7 Å². The maximum atomic E-state index is 10.9. The topological polar surface area (TPSA) is 35.5 Å². The predicted octanol–water partition coefficient (Wildman–Crippen LogP) is 2.21. The molecular weight excluding hydrogens is 180 g/mol. The van der Waals surface area contributed by atoms with Crippen LogP contribution < -0.4 is 0 Å². The fraction of sp³-hybridized carbons (Fsp3) is 0.364. The molecule has 3 nitrogen and oxygen atoms in total. The second-order valence-electron chi connectivity index (χ2n) is 2.65. The van der Waals surface area contributed by atoms with Crippen molar-refractivity contribution >= 4 is 5.97 Å². The van der Waals surface area contributed by atoms with Gasteiger partial charge in [-0.3, -0.25) is 0 Å². The summed E-state index contributed by atoms with van der Waals surface area (Å²) in [7, 11) is 0. The standard InChI is InChI=1S/C11H16O3/c1-5-9(4)13-8-10(6-2)14-11(12)7-3/h5,7,10H,1,3-4,6,8H2,2H3. The number of carbonyl (C=O) groups excluding carboxylic acids is 1. The highest BCUT2D eigenvalue weighted by Gasteiger charge is 2.10. The van der Waals surface area contributed by atoms with E-state index in [-0.39, 0.29) is 6.10 Å². The van der Waals surface area contributed by atoms with E-state index in [4.69, 9.17) is 9.47 Å². The third kappa shape index (κ3) is 5.19. The number of rotatable bonds is 7. The molecule has 0 heterocycles. The molecule has 0 aliphatic heterocycles. The second-order valence-corrected chi connectivity index (χ2v) is 2.65. The van der Waals surface area contributed by atoms with Crippen LogP contribution in [0.5, 0.6) is 0 Å². The van der Waals surface area contributed by atoms with Crippen LogP contribution in [0.25, 0.3) is 0 Å². The minimum Gasteiger partial charge on any atom is -0.490 e. The van der Waals surface area contributed by atoms with Gasteiger partial charge in [0.25, 0.3) is 0 Å². The molecule has 0 aliphatic carbocycles. The van der Waals surface area contributed by atoms with Gasteiger partial charge in [0, 0.05) is 6.08 Å². The molecule has 0 fully saturated rings. The van der Waals surface area contributed by atoms with Gasteiger partial charge in [-0.25, -0.2) is 4.79 Å². The van der Waals surface area contributed by atoms with E-state index >= 15 is 0 Å². The maximum Gasteiger partial charge on any atom is 0.330 e. The first-order chi connectivity index (χ1) is 6.63. The summed E-state index contributed by atoms with van der Waals surface area (Å²) < 4.78 is 10.2. The van der Waals surface area contributed by atoms with Gasteiger partial charge in [-0.2, -0.15) is 0 Å². The van der Waals surface area contributed by atoms with Gasteiger partial charge in [-0.1, -0.05) is 26.7 Å². The van der Waals surface area contributed by atoms with Crippen molar-refractivity contribution in [2.45, 2.75) is 19.4 Å².